The van der Waals surface area contributed by atoms with Gasteiger partial charge in [-0.25, -0.2) is 0 Å². The minimum Gasteiger partial charge on any atom is -0.0869 e. The fourth-order valence-corrected chi connectivity index (χ4v) is 0.0630. The fraction of sp³-hybridized carbons (Fsp3) is 0. The van der Waals surface area contributed by atoms with Crippen LogP contribution in [0, 0.1) is 0 Å². The van der Waals surface area contributed by atoms with Crippen molar-refractivity contribution in [1.29, 1.82) is 0 Å². The first-order valence-electron chi connectivity index (χ1n) is 0.809. The molecule has 7 heteroatoms. The van der Waals surface area contributed by atoms with E-state index in [0.29, 0.717) is 0 Å². The summed E-state index contributed by atoms with van der Waals surface area (Å²) in [5, 5.41) is 6.79. The van der Waals surface area contributed by atoms with Crippen LogP contribution in [0.25, 0.3) is 0 Å². The normalized spacial score (nSPS) is 7.71. The summed E-state index contributed by atoms with van der Waals surface area (Å²) in [7, 11) is 0. The maximum absolute atomic E-state index is 4.39. The van der Waals surface area contributed by atoms with Crippen LogP contribution in [0.1, 0.15) is 0 Å². The molecule has 42 valence electrons. The Kier molecular flexibility index (Phi) is 16.0. The van der Waals surface area contributed by atoms with Crippen LogP contribution in [-0.4, -0.2) is 0 Å². The molecule has 0 amide bonds. The van der Waals surface area contributed by atoms with Gasteiger partial charge < -0.3 is 0 Å². The summed E-state index contributed by atoms with van der Waals surface area (Å²) in [6.45, 7) is 0. The minimum atomic E-state index is 0. The molecule has 0 aliphatic heterocycles. The van der Waals surface area contributed by atoms with Crippen molar-refractivity contribution >= 4 is 23.7 Å². The van der Waals surface area contributed by atoms with Gasteiger partial charge in [-0.1, -0.05) is 8.88 Å². The van der Waals surface area contributed by atoms with E-state index in [2.05, 4.69) is 42.7 Å². The molecule has 0 radical (unpaired) electrons. The Morgan fingerprint density at radius 3 is 1.29 bits per heavy atom. The molecular formula is Cl2O4Ti. The standard InChI is InChI=1S/Cl2O4.Ti/c1-3-5-6-4-2;. The summed E-state index contributed by atoms with van der Waals surface area (Å²) in [4.78, 5) is 0. The van der Waals surface area contributed by atoms with Gasteiger partial charge in [-0.05, 0) is 10.1 Å². The zero-order valence-corrected chi connectivity index (χ0v) is 5.96. The molecule has 0 bridgehead atoms. The van der Waals surface area contributed by atoms with Gasteiger partial charge in [0.05, 0.1) is 0 Å². The largest absolute Gasteiger partial charge is 0.103 e. The molecule has 0 heterocycles. The maximum Gasteiger partial charge on any atom is 0.103 e. The molecule has 0 aromatic carbocycles. The zero-order chi connectivity index (χ0) is 4.83. The Morgan fingerprint density at radius 2 is 1.14 bits per heavy atom. The van der Waals surface area contributed by atoms with Crippen LogP contribution in [0.15, 0.2) is 0 Å². The van der Waals surface area contributed by atoms with Crippen molar-refractivity contribution in [3.63, 3.8) is 0 Å². The number of hydrogen-bond donors (Lipinski definition) is 0. The van der Waals surface area contributed by atoms with Gasteiger partial charge in [0.25, 0.3) is 0 Å². The molecule has 0 atom stereocenters. The molecule has 7 heavy (non-hydrogen) atoms. The molecule has 0 aliphatic carbocycles. The second kappa shape index (κ2) is 10.2. The predicted octanol–water partition coefficient (Wildman–Crippen LogP) is 1.10. The van der Waals surface area contributed by atoms with Gasteiger partial charge in [-0.3, -0.25) is 0 Å². The van der Waals surface area contributed by atoms with E-state index in [0.717, 1.165) is 0 Å². The average Bonchev–Trinajstić information content (AvgIpc) is 1.61. The Bertz CT molecular complexity index is 21.7. The maximum atomic E-state index is 4.39. The van der Waals surface area contributed by atoms with Gasteiger partial charge in [-0.2, -0.15) is 0 Å². The van der Waals surface area contributed by atoms with E-state index in [1.54, 1.807) is 0 Å². The van der Waals surface area contributed by atoms with E-state index in [-0.39, 0.29) is 21.7 Å². The second-order valence-corrected chi connectivity index (χ2v) is 0.514. The molecule has 0 aromatic heterocycles. The van der Waals surface area contributed by atoms with Crippen molar-refractivity contribution in [2.24, 2.45) is 0 Å². The minimum absolute atomic E-state index is 0. The third kappa shape index (κ3) is 11.0. The Labute approximate surface area is 64.6 Å². The SMILES string of the molecule is ClOOOOCl.[Ti]. The van der Waals surface area contributed by atoms with Crippen molar-refractivity contribution < 1.29 is 40.7 Å². The molecule has 0 saturated heterocycles. The monoisotopic (exact) mass is 182 g/mol. The number of halogens is 2. The summed E-state index contributed by atoms with van der Waals surface area (Å²) in [6.07, 6.45) is 0. The van der Waals surface area contributed by atoms with Crippen molar-refractivity contribution in [2.75, 3.05) is 0 Å². The molecule has 0 fully saturated rings. The smallest absolute Gasteiger partial charge is 0.0869 e. The topological polar surface area (TPSA) is 36.9 Å². The summed E-state index contributed by atoms with van der Waals surface area (Å²) < 4.78 is 6.65. The van der Waals surface area contributed by atoms with Gasteiger partial charge in [0.1, 0.15) is 23.7 Å². The Morgan fingerprint density at radius 1 is 0.857 bits per heavy atom. The van der Waals surface area contributed by atoms with Crippen molar-refractivity contribution in [1.82, 2.24) is 0 Å². The van der Waals surface area contributed by atoms with Gasteiger partial charge in [0, 0.05) is 21.7 Å². The molecule has 0 N–H and O–H groups in total. The number of hydrogen-bond acceptors (Lipinski definition) is 4. The van der Waals surface area contributed by atoms with E-state index >= 15 is 0 Å². The second-order valence-electron chi connectivity index (χ2n) is 0.262. The molecule has 4 nitrogen and oxygen atoms in total. The Hall–Kier alpha value is 1.13. The van der Waals surface area contributed by atoms with Crippen LogP contribution in [0.2, 0.25) is 0 Å². The van der Waals surface area contributed by atoms with Crippen LogP contribution in [0.5, 0.6) is 0 Å². The summed E-state index contributed by atoms with van der Waals surface area (Å²) in [5.41, 5.74) is 0. The Balaban J connectivity index is 0. The van der Waals surface area contributed by atoms with Gasteiger partial charge in [0.2, 0.25) is 0 Å². The van der Waals surface area contributed by atoms with Crippen LogP contribution in [-0.2, 0) is 40.7 Å². The third-order valence-corrected chi connectivity index (χ3v) is 0.182. The molecule has 0 spiro atoms. The fourth-order valence-electron chi connectivity index (χ4n) is 0.0210. The van der Waals surface area contributed by atoms with E-state index in [1.807, 2.05) is 0 Å². The van der Waals surface area contributed by atoms with Crippen LogP contribution in [0.3, 0.4) is 0 Å². The van der Waals surface area contributed by atoms with E-state index in [1.165, 1.54) is 0 Å². The molecule has 0 aliphatic rings. The van der Waals surface area contributed by atoms with Crippen molar-refractivity contribution in [3.8, 4) is 0 Å². The third-order valence-electron chi connectivity index (χ3n) is 0.0792. The van der Waals surface area contributed by atoms with Crippen molar-refractivity contribution in [2.45, 2.75) is 0 Å². The molecule has 0 rings (SSSR count). The first-order chi connectivity index (χ1) is 2.91. The predicted molar refractivity (Wildman–Crippen MR) is 16.0 cm³/mol. The van der Waals surface area contributed by atoms with Crippen LogP contribution < -0.4 is 0 Å². The zero-order valence-electron chi connectivity index (χ0n) is 2.89. The van der Waals surface area contributed by atoms with Crippen LogP contribution >= 0.6 is 23.7 Å². The van der Waals surface area contributed by atoms with Crippen LogP contribution in [0.4, 0.5) is 0 Å². The van der Waals surface area contributed by atoms with Crippen molar-refractivity contribution in [3.05, 3.63) is 0 Å². The van der Waals surface area contributed by atoms with E-state index in [4.69, 9.17) is 0 Å². The van der Waals surface area contributed by atoms with Gasteiger partial charge >= 0.3 is 0 Å². The van der Waals surface area contributed by atoms with E-state index in [9.17, 15) is 0 Å². The van der Waals surface area contributed by atoms with E-state index < -0.39 is 0 Å². The average molecular weight is 183 g/mol. The first-order valence-corrected chi connectivity index (χ1v) is 1.43. The number of rotatable bonds is 3. The molecular weight excluding hydrogens is 183 g/mol. The molecule has 0 aromatic rings. The molecule has 0 saturated carbocycles. The first kappa shape index (κ1) is 11.0. The summed E-state index contributed by atoms with van der Waals surface area (Å²) >= 11 is 8.79. The summed E-state index contributed by atoms with van der Waals surface area (Å²) in [6, 6.07) is 0. The quantitative estimate of drug-likeness (QED) is 0.284. The van der Waals surface area contributed by atoms with Gasteiger partial charge in [0.15, 0.2) is 0 Å². The summed E-state index contributed by atoms with van der Waals surface area (Å²) in [5.74, 6) is 0. The van der Waals surface area contributed by atoms with Gasteiger partial charge in [-0.15, -0.1) is 0 Å². The molecule has 0 unspecified atom stereocenters.